The minimum Gasteiger partial charge on any atom is -0.481 e. The maximum Gasteiger partial charge on any atom is 0.314 e. The van der Waals surface area contributed by atoms with Gasteiger partial charge >= 0.3 is 5.97 Å². The number of rotatable bonds is 2. The average molecular weight is 266 g/mol. The van der Waals surface area contributed by atoms with Gasteiger partial charge in [0.2, 0.25) is 9.84 Å². The van der Waals surface area contributed by atoms with Gasteiger partial charge in [-0.05, 0) is 44.0 Å². The molecule has 5 heteroatoms. The van der Waals surface area contributed by atoms with E-state index in [1.807, 2.05) is 6.07 Å². The van der Waals surface area contributed by atoms with Crippen LogP contribution in [0.4, 0.5) is 0 Å². The van der Waals surface area contributed by atoms with Crippen LogP contribution in [0.15, 0.2) is 28.0 Å². The van der Waals surface area contributed by atoms with Gasteiger partial charge in [0.05, 0.1) is 15.2 Å². The molecular weight excluding hydrogens is 252 g/mol. The monoisotopic (exact) mass is 266 g/mol. The van der Waals surface area contributed by atoms with Crippen molar-refractivity contribution in [3.8, 4) is 0 Å². The van der Waals surface area contributed by atoms with E-state index >= 15 is 0 Å². The third kappa shape index (κ3) is 1.66. The number of hydrogen-bond donors (Lipinski definition) is 1. The molecule has 0 aromatic heterocycles. The summed E-state index contributed by atoms with van der Waals surface area (Å²) in [5.41, 5.74) is -0.0313. The summed E-state index contributed by atoms with van der Waals surface area (Å²) in [5.74, 6) is -1.15. The number of fused-ring (bicyclic) bond motifs is 1. The maximum atomic E-state index is 12.4. The van der Waals surface area contributed by atoms with Crippen molar-refractivity contribution in [2.75, 3.05) is 0 Å². The van der Waals surface area contributed by atoms with Crippen LogP contribution in [0.5, 0.6) is 0 Å². The molecule has 0 radical (unpaired) electrons. The molecule has 96 valence electrons. The fraction of sp³-hybridized carbons (Fsp3) is 0.308. The Balaban J connectivity index is 2.68. The van der Waals surface area contributed by atoms with E-state index in [9.17, 15) is 13.2 Å². The number of hydrogen-bond acceptors (Lipinski definition) is 3. The third-order valence-corrected chi connectivity index (χ3v) is 5.33. The Kier molecular flexibility index (Phi) is 2.63. The standard InChI is InChI=1S/C13H14O4S/c1-8-4-5-9-7-11(13(2,3)12(14)15)18(16,17)10(9)6-8/h4-7H,1-3H3,(H,14,15). The number of carbonyl (C=O) groups is 1. The number of aryl methyl sites for hydroxylation is 1. The highest BCUT2D eigenvalue weighted by Crippen LogP contribution is 2.42. The SMILES string of the molecule is Cc1ccc2c(c1)S(=O)(=O)C(C(C)(C)C(=O)O)=C2. The summed E-state index contributed by atoms with van der Waals surface area (Å²) >= 11 is 0. The minimum atomic E-state index is -3.69. The Bertz CT molecular complexity index is 666. The lowest BCUT2D eigenvalue weighted by atomic mass is 9.92. The molecule has 0 spiro atoms. The van der Waals surface area contributed by atoms with Crippen LogP contribution in [-0.2, 0) is 14.6 Å². The molecule has 0 aliphatic carbocycles. The van der Waals surface area contributed by atoms with Gasteiger partial charge in [0.25, 0.3) is 0 Å². The van der Waals surface area contributed by atoms with Gasteiger partial charge in [0.1, 0.15) is 0 Å². The molecule has 1 aliphatic rings. The van der Waals surface area contributed by atoms with Crippen molar-refractivity contribution in [3.05, 3.63) is 34.2 Å². The molecule has 0 saturated carbocycles. The van der Waals surface area contributed by atoms with Gasteiger partial charge in [0.15, 0.2) is 0 Å². The summed E-state index contributed by atoms with van der Waals surface area (Å²) in [6, 6.07) is 5.08. The molecule has 0 fully saturated rings. The maximum absolute atomic E-state index is 12.4. The van der Waals surface area contributed by atoms with Gasteiger partial charge in [-0.15, -0.1) is 0 Å². The van der Waals surface area contributed by atoms with Gasteiger partial charge in [-0.2, -0.15) is 0 Å². The first-order valence-corrected chi connectivity index (χ1v) is 6.97. The molecule has 0 atom stereocenters. The van der Waals surface area contributed by atoms with Crippen molar-refractivity contribution < 1.29 is 18.3 Å². The fourth-order valence-electron chi connectivity index (χ4n) is 1.95. The highest BCUT2D eigenvalue weighted by Gasteiger charge is 2.43. The zero-order chi connectivity index (χ0) is 13.7. The molecule has 0 amide bonds. The van der Waals surface area contributed by atoms with E-state index in [0.717, 1.165) is 5.56 Å². The summed E-state index contributed by atoms with van der Waals surface area (Å²) in [4.78, 5) is 11.4. The Morgan fingerprint density at radius 1 is 1.28 bits per heavy atom. The van der Waals surface area contributed by atoms with Crippen LogP contribution in [-0.4, -0.2) is 19.5 Å². The van der Waals surface area contributed by atoms with Crippen molar-refractivity contribution >= 4 is 21.9 Å². The van der Waals surface area contributed by atoms with Gasteiger partial charge in [-0.25, -0.2) is 8.42 Å². The van der Waals surface area contributed by atoms with Crippen molar-refractivity contribution in [3.63, 3.8) is 0 Å². The van der Waals surface area contributed by atoms with E-state index < -0.39 is 21.2 Å². The summed E-state index contributed by atoms with van der Waals surface area (Å²) in [7, 11) is -3.69. The molecule has 1 N–H and O–H groups in total. The van der Waals surface area contributed by atoms with Gasteiger partial charge in [-0.1, -0.05) is 12.1 Å². The normalized spacial score (nSPS) is 17.2. The summed E-state index contributed by atoms with van der Waals surface area (Å²) in [6.45, 7) is 4.60. The first-order chi connectivity index (χ1) is 8.17. The van der Waals surface area contributed by atoms with E-state index in [0.29, 0.717) is 5.56 Å². The van der Waals surface area contributed by atoms with E-state index in [-0.39, 0.29) is 9.80 Å². The highest BCUT2D eigenvalue weighted by molar-refractivity contribution is 7.96. The summed E-state index contributed by atoms with van der Waals surface area (Å²) in [6.07, 6.45) is 1.46. The van der Waals surface area contributed by atoms with Crippen molar-refractivity contribution in [2.24, 2.45) is 5.41 Å². The molecular formula is C13H14O4S. The number of benzene rings is 1. The zero-order valence-corrected chi connectivity index (χ0v) is 11.2. The van der Waals surface area contributed by atoms with Crippen molar-refractivity contribution in [1.29, 1.82) is 0 Å². The lowest BCUT2D eigenvalue weighted by Crippen LogP contribution is -2.28. The first-order valence-electron chi connectivity index (χ1n) is 5.48. The van der Waals surface area contributed by atoms with E-state index in [1.54, 1.807) is 19.1 Å². The van der Waals surface area contributed by atoms with E-state index in [2.05, 4.69) is 0 Å². The third-order valence-electron chi connectivity index (χ3n) is 3.19. The van der Waals surface area contributed by atoms with Crippen LogP contribution >= 0.6 is 0 Å². The van der Waals surface area contributed by atoms with Crippen LogP contribution in [0.2, 0.25) is 0 Å². The molecule has 1 aromatic carbocycles. The second-order valence-corrected chi connectivity index (χ2v) is 6.87. The predicted octanol–water partition coefficient (Wildman–Crippen LogP) is 2.23. The van der Waals surface area contributed by atoms with E-state index in [1.165, 1.54) is 19.9 Å². The minimum absolute atomic E-state index is 0.0527. The van der Waals surface area contributed by atoms with Crippen LogP contribution < -0.4 is 0 Å². The fourth-order valence-corrected chi connectivity index (χ4v) is 4.01. The second-order valence-electron chi connectivity index (χ2n) is 4.98. The van der Waals surface area contributed by atoms with Crippen molar-refractivity contribution in [2.45, 2.75) is 25.7 Å². The topological polar surface area (TPSA) is 71.4 Å². The first kappa shape index (κ1) is 12.8. The average Bonchev–Trinajstić information content (AvgIpc) is 2.51. The zero-order valence-electron chi connectivity index (χ0n) is 10.4. The Morgan fingerprint density at radius 3 is 2.44 bits per heavy atom. The van der Waals surface area contributed by atoms with Gasteiger partial charge in [0, 0.05) is 0 Å². The summed E-state index contributed by atoms with van der Waals surface area (Å²) in [5, 5.41) is 9.16. The Hall–Kier alpha value is -1.62. The molecule has 1 aliphatic heterocycles. The molecule has 0 unspecified atom stereocenters. The highest BCUT2D eigenvalue weighted by atomic mass is 32.2. The lowest BCUT2D eigenvalue weighted by Gasteiger charge is -2.20. The molecule has 0 saturated heterocycles. The Labute approximate surface area is 106 Å². The number of carboxylic acids is 1. The Morgan fingerprint density at radius 2 is 1.89 bits per heavy atom. The second kappa shape index (κ2) is 3.68. The number of sulfone groups is 1. The predicted molar refractivity (Wildman–Crippen MR) is 67.8 cm³/mol. The quantitative estimate of drug-likeness (QED) is 0.891. The molecule has 18 heavy (non-hydrogen) atoms. The number of aliphatic carboxylic acids is 1. The molecule has 2 rings (SSSR count). The molecule has 0 bridgehead atoms. The van der Waals surface area contributed by atoms with Gasteiger partial charge < -0.3 is 5.11 Å². The van der Waals surface area contributed by atoms with Crippen molar-refractivity contribution in [1.82, 2.24) is 0 Å². The molecule has 1 aromatic rings. The van der Waals surface area contributed by atoms with Gasteiger partial charge in [-0.3, -0.25) is 4.79 Å². The largest absolute Gasteiger partial charge is 0.481 e. The lowest BCUT2D eigenvalue weighted by molar-refractivity contribution is -0.144. The molecule has 1 heterocycles. The summed E-state index contributed by atoms with van der Waals surface area (Å²) < 4.78 is 24.7. The van der Waals surface area contributed by atoms with Crippen LogP contribution in [0.25, 0.3) is 6.08 Å². The molecule has 4 nitrogen and oxygen atoms in total. The smallest absolute Gasteiger partial charge is 0.314 e. The van der Waals surface area contributed by atoms with E-state index in [4.69, 9.17) is 5.11 Å². The van der Waals surface area contributed by atoms with Crippen LogP contribution in [0, 0.1) is 12.3 Å². The number of carboxylic acid groups (broad SMARTS) is 1. The van der Waals surface area contributed by atoms with Crippen LogP contribution in [0.1, 0.15) is 25.0 Å². The van der Waals surface area contributed by atoms with Crippen LogP contribution in [0.3, 0.4) is 0 Å².